The zero-order chi connectivity index (χ0) is 21.9. The zero-order valence-corrected chi connectivity index (χ0v) is 18.0. The number of anilines is 1. The number of carbonyl (C=O) groups is 1. The Balaban J connectivity index is 1.68. The molecule has 0 unspecified atom stereocenters. The molecule has 0 spiro atoms. The van der Waals surface area contributed by atoms with E-state index in [1.807, 2.05) is 0 Å². The van der Waals surface area contributed by atoms with Crippen molar-refractivity contribution in [3.8, 4) is 11.5 Å². The van der Waals surface area contributed by atoms with Crippen LogP contribution in [0.3, 0.4) is 0 Å². The molecule has 1 atom stereocenters. The van der Waals surface area contributed by atoms with E-state index >= 15 is 0 Å². The van der Waals surface area contributed by atoms with E-state index in [9.17, 15) is 17.6 Å². The number of benzene rings is 2. The number of sulfonamides is 1. The van der Waals surface area contributed by atoms with Crippen LogP contribution >= 0.6 is 11.8 Å². The third-order valence-electron chi connectivity index (χ3n) is 4.04. The number of nitrogens with zero attached hydrogens (tertiary/aromatic N) is 3. The standard InChI is InChI=1S/C19H19FN4O4S2/c1-12(29-19-23-22-18(28-19)15-9-4-5-10-16(15)20)17(25)21-13-7-6-8-14(11-13)30(26,27)24(2)3/h4-12H,1-3H3,(H,21,25)/t12-/m0/s1. The second-order valence-electron chi connectivity index (χ2n) is 6.42. The molecule has 3 aromatic rings. The predicted octanol–water partition coefficient (Wildman–Crippen LogP) is 3.25. The molecule has 0 aliphatic carbocycles. The molecule has 1 amide bonds. The molecule has 0 bridgehead atoms. The van der Waals surface area contributed by atoms with Crippen molar-refractivity contribution in [1.29, 1.82) is 0 Å². The van der Waals surface area contributed by atoms with E-state index in [4.69, 9.17) is 4.42 Å². The van der Waals surface area contributed by atoms with Crippen LogP contribution in [0.15, 0.2) is 63.1 Å². The first-order valence-electron chi connectivity index (χ1n) is 8.77. The molecule has 0 radical (unpaired) electrons. The summed E-state index contributed by atoms with van der Waals surface area (Å²) in [6.07, 6.45) is 0. The van der Waals surface area contributed by atoms with E-state index in [0.29, 0.717) is 5.69 Å². The molecule has 1 N–H and O–H groups in total. The lowest BCUT2D eigenvalue weighted by Gasteiger charge is -2.14. The summed E-state index contributed by atoms with van der Waals surface area (Å²) >= 11 is 1.01. The molecule has 1 aromatic heterocycles. The van der Waals surface area contributed by atoms with E-state index in [0.717, 1.165) is 16.1 Å². The first-order valence-corrected chi connectivity index (χ1v) is 11.1. The van der Waals surface area contributed by atoms with Crippen LogP contribution in [0.5, 0.6) is 0 Å². The van der Waals surface area contributed by atoms with Crippen LogP contribution in [0, 0.1) is 5.82 Å². The highest BCUT2D eigenvalue weighted by atomic mass is 32.2. The summed E-state index contributed by atoms with van der Waals surface area (Å²) in [6.45, 7) is 1.63. The largest absolute Gasteiger partial charge is 0.411 e. The van der Waals surface area contributed by atoms with E-state index in [1.54, 1.807) is 31.2 Å². The second kappa shape index (κ2) is 8.94. The minimum atomic E-state index is -3.62. The Bertz CT molecular complexity index is 1160. The summed E-state index contributed by atoms with van der Waals surface area (Å²) in [5.74, 6) is -0.856. The van der Waals surface area contributed by atoms with Gasteiger partial charge in [-0.05, 0) is 37.3 Å². The number of amides is 1. The smallest absolute Gasteiger partial charge is 0.277 e. The van der Waals surface area contributed by atoms with Gasteiger partial charge in [0.1, 0.15) is 5.82 Å². The average molecular weight is 451 g/mol. The van der Waals surface area contributed by atoms with Gasteiger partial charge >= 0.3 is 0 Å². The summed E-state index contributed by atoms with van der Waals surface area (Å²) < 4.78 is 44.9. The Labute approximate surface area is 177 Å². The van der Waals surface area contributed by atoms with Gasteiger partial charge in [0.15, 0.2) is 0 Å². The second-order valence-corrected chi connectivity index (χ2v) is 9.86. The monoisotopic (exact) mass is 450 g/mol. The third-order valence-corrected chi connectivity index (χ3v) is 6.78. The van der Waals surface area contributed by atoms with Gasteiger partial charge in [0.05, 0.1) is 15.7 Å². The van der Waals surface area contributed by atoms with E-state index in [1.165, 1.54) is 38.4 Å². The molecule has 0 aliphatic rings. The van der Waals surface area contributed by atoms with Gasteiger partial charge in [0, 0.05) is 19.8 Å². The molecule has 158 valence electrons. The number of rotatable bonds is 7. The van der Waals surface area contributed by atoms with Gasteiger partial charge in [-0.15, -0.1) is 10.2 Å². The van der Waals surface area contributed by atoms with E-state index in [-0.39, 0.29) is 27.5 Å². The van der Waals surface area contributed by atoms with Crippen LogP contribution in [0.25, 0.3) is 11.5 Å². The Kier molecular flexibility index (Phi) is 6.54. The number of nitrogens with one attached hydrogen (secondary N) is 1. The average Bonchev–Trinajstić information content (AvgIpc) is 3.16. The van der Waals surface area contributed by atoms with Crippen LogP contribution in [0.1, 0.15) is 6.92 Å². The molecule has 0 saturated carbocycles. The van der Waals surface area contributed by atoms with Gasteiger partial charge < -0.3 is 9.73 Å². The van der Waals surface area contributed by atoms with Crippen molar-refractivity contribution in [2.24, 2.45) is 0 Å². The van der Waals surface area contributed by atoms with Gasteiger partial charge in [0.25, 0.3) is 11.1 Å². The summed E-state index contributed by atoms with van der Waals surface area (Å²) in [5.41, 5.74) is 0.515. The summed E-state index contributed by atoms with van der Waals surface area (Å²) in [4.78, 5) is 12.6. The van der Waals surface area contributed by atoms with Crippen LogP contribution in [0.2, 0.25) is 0 Å². The highest BCUT2D eigenvalue weighted by molar-refractivity contribution is 8.00. The lowest BCUT2D eigenvalue weighted by molar-refractivity contribution is -0.115. The van der Waals surface area contributed by atoms with Crippen molar-refractivity contribution in [2.45, 2.75) is 22.3 Å². The van der Waals surface area contributed by atoms with Crippen LogP contribution in [0.4, 0.5) is 10.1 Å². The molecule has 11 heteroatoms. The SMILES string of the molecule is C[C@H](Sc1nnc(-c2ccccc2F)o1)C(=O)Nc1cccc(S(=O)(=O)N(C)C)c1. The summed E-state index contributed by atoms with van der Waals surface area (Å²) in [6, 6.07) is 12.0. The number of thioether (sulfide) groups is 1. The fraction of sp³-hybridized carbons (Fsp3) is 0.211. The lowest BCUT2D eigenvalue weighted by atomic mass is 10.2. The normalized spacial score (nSPS) is 12.7. The van der Waals surface area contributed by atoms with Gasteiger partial charge in [-0.2, -0.15) is 0 Å². The van der Waals surface area contributed by atoms with Crippen LogP contribution in [-0.2, 0) is 14.8 Å². The Hall–Kier alpha value is -2.76. The fourth-order valence-electron chi connectivity index (χ4n) is 2.39. The number of hydrogen-bond acceptors (Lipinski definition) is 7. The Morgan fingerprint density at radius 1 is 1.17 bits per heavy atom. The molecule has 1 heterocycles. The van der Waals surface area contributed by atoms with Crippen LogP contribution in [-0.4, -0.2) is 48.2 Å². The lowest BCUT2D eigenvalue weighted by Crippen LogP contribution is -2.24. The highest BCUT2D eigenvalue weighted by Crippen LogP contribution is 2.28. The van der Waals surface area contributed by atoms with Crippen molar-refractivity contribution < 1.29 is 22.0 Å². The third kappa shape index (κ3) is 4.86. The number of aromatic nitrogens is 2. The molecule has 0 aliphatic heterocycles. The summed E-state index contributed by atoms with van der Waals surface area (Å²) in [7, 11) is -0.759. The van der Waals surface area contributed by atoms with E-state index < -0.39 is 21.1 Å². The number of hydrogen-bond donors (Lipinski definition) is 1. The number of halogens is 1. The summed E-state index contributed by atoms with van der Waals surface area (Å²) in [5, 5.41) is 9.81. The minimum Gasteiger partial charge on any atom is -0.411 e. The molecule has 8 nitrogen and oxygen atoms in total. The van der Waals surface area contributed by atoms with Gasteiger partial charge in [-0.1, -0.05) is 30.0 Å². The fourth-order valence-corrected chi connectivity index (χ4v) is 4.03. The molecule has 30 heavy (non-hydrogen) atoms. The first-order chi connectivity index (χ1) is 14.2. The van der Waals surface area contributed by atoms with Crippen molar-refractivity contribution in [1.82, 2.24) is 14.5 Å². The zero-order valence-electron chi connectivity index (χ0n) is 16.4. The topological polar surface area (TPSA) is 105 Å². The highest BCUT2D eigenvalue weighted by Gasteiger charge is 2.21. The quantitative estimate of drug-likeness (QED) is 0.551. The predicted molar refractivity (Wildman–Crippen MR) is 111 cm³/mol. The molecular weight excluding hydrogens is 431 g/mol. The maximum atomic E-state index is 13.8. The molecule has 0 saturated heterocycles. The Morgan fingerprint density at radius 3 is 2.60 bits per heavy atom. The van der Waals surface area contributed by atoms with Gasteiger partial charge in [-0.25, -0.2) is 17.1 Å². The van der Waals surface area contributed by atoms with Gasteiger partial charge in [0.2, 0.25) is 15.9 Å². The Morgan fingerprint density at radius 2 is 1.90 bits per heavy atom. The van der Waals surface area contributed by atoms with Crippen molar-refractivity contribution in [3.05, 3.63) is 54.3 Å². The van der Waals surface area contributed by atoms with Crippen molar-refractivity contribution in [3.63, 3.8) is 0 Å². The van der Waals surface area contributed by atoms with Crippen molar-refractivity contribution in [2.75, 3.05) is 19.4 Å². The maximum absolute atomic E-state index is 13.8. The van der Waals surface area contributed by atoms with Crippen molar-refractivity contribution >= 4 is 33.4 Å². The molecular formula is C19H19FN4O4S2. The maximum Gasteiger partial charge on any atom is 0.277 e. The molecule has 2 aromatic carbocycles. The molecule has 0 fully saturated rings. The van der Waals surface area contributed by atoms with E-state index in [2.05, 4.69) is 15.5 Å². The van der Waals surface area contributed by atoms with Crippen LogP contribution < -0.4 is 5.32 Å². The first kappa shape index (κ1) is 21.9. The molecule has 3 rings (SSSR count). The van der Waals surface area contributed by atoms with Gasteiger partial charge in [-0.3, -0.25) is 4.79 Å². The minimum absolute atomic E-state index is 0.0183. The number of carbonyl (C=O) groups excluding carboxylic acids is 1.